The molecule has 1 heterocycles. The minimum absolute atomic E-state index is 0.154. The summed E-state index contributed by atoms with van der Waals surface area (Å²) in [5, 5.41) is 3.40. The third-order valence-corrected chi connectivity index (χ3v) is 3.02. The van der Waals surface area contributed by atoms with Gasteiger partial charge in [0, 0.05) is 30.6 Å². The molecule has 0 aliphatic rings. The molecule has 0 aliphatic heterocycles. The van der Waals surface area contributed by atoms with E-state index in [1.54, 1.807) is 20.4 Å². The Bertz CT molecular complexity index is 511. The molecule has 2 N–H and O–H groups in total. The summed E-state index contributed by atoms with van der Waals surface area (Å²) in [5.74, 6) is 2.53. The van der Waals surface area contributed by atoms with E-state index >= 15 is 0 Å². The molecule has 5 heteroatoms. The van der Waals surface area contributed by atoms with E-state index in [2.05, 4.69) is 22.2 Å². The first-order valence-corrected chi connectivity index (χ1v) is 6.18. The molecule has 1 atom stereocenters. The van der Waals surface area contributed by atoms with Crippen molar-refractivity contribution >= 4 is 0 Å². The molecule has 0 aliphatic carbocycles. The van der Waals surface area contributed by atoms with Gasteiger partial charge in [-0.25, -0.2) is 4.98 Å². The molecule has 5 nitrogen and oxygen atoms in total. The van der Waals surface area contributed by atoms with Gasteiger partial charge in [-0.05, 0) is 13.0 Å². The highest BCUT2D eigenvalue weighted by atomic mass is 16.5. The first kappa shape index (κ1) is 13.4. The van der Waals surface area contributed by atoms with E-state index in [0.29, 0.717) is 6.54 Å². The van der Waals surface area contributed by atoms with Crippen molar-refractivity contribution in [1.29, 1.82) is 0 Å². The third kappa shape index (κ3) is 3.26. The highest BCUT2D eigenvalue weighted by molar-refractivity contribution is 5.40. The van der Waals surface area contributed by atoms with Crippen LogP contribution in [0.2, 0.25) is 0 Å². The van der Waals surface area contributed by atoms with Crippen LogP contribution in [0.4, 0.5) is 0 Å². The summed E-state index contributed by atoms with van der Waals surface area (Å²) in [6, 6.07) is 5.97. The van der Waals surface area contributed by atoms with Crippen molar-refractivity contribution in [1.82, 2.24) is 15.3 Å². The lowest BCUT2D eigenvalue weighted by atomic mass is 10.1. The first-order valence-electron chi connectivity index (χ1n) is 6.18. The SMILES string of the molecule is COc1ccc(CNC(C)c2ncc[nH]2)c(OC)c1. The van der Waals surface area contributed by atoms with E-state index in [4.69, 9.17) is 9.47 Å². The standard InChI is InChI=1S/C14H19N3O2/c1-10(14-15-6-7-16-14)17-9-11-4-5-12(18-2)8-13(11)19-3/h4-8,10,17H,9H2,1-3H3,(H,15,16). The van der Waals surface area contributed by atoms with Gasteiger partial charge in [-0.15, -0.1) is 0 Å². The molecule has 1 aromatic carbocycles. The lowest BCUT2D eigenvalue weighted by molar-refractivity contribution is 0.388. The quantitative estimate of drug-likeness (QED) is 0.837. The van der Waals surface area contributed by atoms with Crippen LogP contribution in [0.25, 0.3) is 0 Å². The van der Waals surface area contributed by atoms with E-state index in [9.17, 15) is 0 Å². The zero-order chi connectivity index (χ0) is 13.7. The maximum Gasteiger partial charge on any atom is 0.127 e. The molecule has 1 aromatic heterocycles. The van der Waals surface area contributed by atoms with Gasteiger partial charge in [-0.1, -0.05) is 6.07 Å². The number of rotatable bonds is 6. The minimum Gasteiger partial charge on any atom is -0.497 e. The number of hydrogen-bond donors (Lipinski definition) is 2. The molecule has 2 rings (SSSR count). The molecule has 0 amide bonds. The van der Waals surface area contributed by atoms with Gasteiger partial charge < -0.3 is 19.8 Å². The maximum absolute atomic E-state index is 5.37. The second-order valence-corrected chi connectivity index (χ2v) is 4.25. The molecule has 2 aromatic rings. The second-order valence-electron chi connectivity index (χ2n) is 4.25. The predicted octanol–water partition coefficient (Wildman–Crippen LogP) is 2.28. The third-order valence-electron chi connectivity index (χ3n) is 3.02. The summed E-state index contributed by atoms with van der Waals surface area (Å²) in [6.45, 7) is 2.77. The van der Waals surface area contributed by atoms with Crippen LogP contribution in [0.5, 0.6) is 11.5 Å². The number of benzene rings is 1. The Kier molecular flexibility index (Phi) is 4.41. The number of imidazole rings is 1. The van der Waals surface area contributed by atoms with E-state index in [1.165, 1.54) is 0 Å². The van der Waals surface area contributed by atoms with Crippen LogP contribution in [0.15, 0.2) is 30.6 Å². The fourth-order valence-electron chi connectivity index (χ4n) is 1.87. The lowest BCUT2D eigenvalue weighted by Crippen LogP contribution is -2.19. The zero-order valence-electron chi connectivity index (χ0n) is 11.4. The van der Waals surface area contributed by atoms with Crippen LogP contribution in [-0.4, -0.2) is 24.2 Å². The average molecular weight is 261 g/mol. The largest absolute Gasteiger partial charge is 0.497 e. The Balaban J connectivity index is 2.03. The van der Waals surface area contributed by atoms with Gasteiger partial charge in [-0.2, -0.15) is 0 Å². The first-order chi connectivity index (χ1) is 9.24. The number of nitrogens with zero attached hydrogens (tertiary/aromatic N) is 1. The molecule has 0 radical (unpaired) electrons. The summed E-state index contributed by atoms with van der Waals surface area (Å²) < 4.78 is 10.5. The number of hydrogen-bond acceptors (Lipinski definition) is 4. The van der Waals surface area contributed by atoms with Gasteiger partial charge in [0.15, 0.2) is 0 Å². The number of H-pyrrole nitrogens is 1. The van der Waals surface area contributed by atoms with E-state index in [1.807, 2.05) is 24.4 Å². The Morgan fingerprint density at radius 3 is 2.79 bits per heavy atom. The predicted molar refractivity (Wildman–Crippen MR) is 73.4 cm³/mol. The van der Waals surface area contributed by atoms with Crippen molar-refractivity contribution in [2.75, 3.05) is 14.2 Å². The summed E-state index contributed by atoms with van der Waals surface area (Å²) in [4.78, 5) is 7.32. The van der Waals surface area contributed by atoms with Crippen LogP contribution in [0, 0.1) is 0 Å². The Labute approximate surface area is 113 Å². The molecule has 0 fully saturated rings. The van der Waals surface area contributed by atoms with Gasteiger partial charge in [0.2, 0.25) is 0 Å². The van der Waals surface area contributed by atoms with E-state index in [0.717, 1.165) is 22.9 Å². The molecular weight excluding hydrogens is 242 g/mol. The Hall–Kier alpha value is -2.01. The molecule has 0 saturated heterocycles. The van der Waals surface area contributed by atoms with Crippen molar-refractivity contribution in [2.24, 2.45) is 0 Å². The van der Waals surface area contributed by atoms with Crippen molar-refractivity contribution < 1.29 is 9.47 Å². The zero-order valence-corrected chi connectivity index (χ0v) is 11.4. The number of methoxy groups -OCH3 is 2. The van der Waals surface area contributed by atoms with Gasteiger partial charge in [0.1, 0.15) is 17.3 Å². The molecule has 1 unspecified atom stereocenters. The number of ether oxygens (including phenoxy) is 2. The summed E-state index contributed by atoms with van der Waals surface area (Å²) >= 11 is 0. The number of aromatic nitrogens is 2. The fraction of sp³-hybridized carbons (Fsp3) is 0.357. The average Bonchev–Trinajstić information content (AvgIpc) is 2.98. The smallest absolute Gasteiger partial charge is 0.127 e. The highest BCUT2D eigenvalue weighted by Gasteiger charge is 2.09. The second kappa shape index (κ2) is 6.24. The van der Waals surface area contributed by atoms with Crippen molar-refractivity contribution in [2.45, 2.75) is 19.5 Å². The summed E-state index contributed by atoms with van der Waals surface area (Å²) in [5.41, 5.74) is 1.08. The van der Waals surface area contributed by atoms with Crippen molar-refractivity contribution in [3.05, 3.63) is 42.0 Å². The number of aromatic amines is 1. The lowest BCUT2D eigenvalue weighted by Gasteiger charge is -2.14. The molecular formula is C14H19N3O2. The fourth-order valence-corrected chi connectivity index (χ4v) is 1.87. The van der Waals surface area contributed by atoms with Crippen LogP contribution in [0.3, 0.4) is 0 Å². The normalized spacial score (nSPS) is 12.2. The van der Waals surface area contributed by atoms with E-state index in [-0.39, 0.29) is 6.04 Å². The monoisotopic (exact) mass is 261 g/mol. The van der Waals surface area contributed by atoms with Gasteiger partial charge >= 0.3 is 0 Å². The van der Waals surface area contributed by atoms with Gasteiger partial charge in [-0.3, -0.25) is 0 Å². The molecule has 0 bridgehead atoms. The Morgan fingerprint density at radius 2 is 2.16 bits per heavy atom. The molecule has 0 saturated carbocycles. The molecule has 0 spiro atoms. The van der Waals surface area contributed by atoms with Crippen LogP contribution >= 0.6 is 0 Å². The van der Waals surface area contributed by atoms with Crippen molar-refractivity contribution in [3.63, 3.8) is 0 Å². The maximum atomic E-state index is 5.37. The number of nitrogens with one attached hydrogen (secondary N) is 2. The van der Waals surface area contributed by atoms with Crippen molar-refractivity contribution in [3.8, 4) is 11.5 Å². The van der Waals surface area contributed by atoms with Crippen LogP contribution < -0.4 is 14.8 Å². The summed E-state index contributed by atoms with van der Waals surface area (Å²) in [6.07, 6.45) is 3.57. The molecule has 102 valence electrons. The van der Waals surface area contributed by atoms with Gasteiger partial charge in [0.05, 0.1) is 20.3 Å². The summed E-state index contributed by atoms with van der Waals surface area (Å²) in [7, 11) is 3.31. The highest BCUT2D eigenvalue weighted by Crippen LogP contribution is 2.24. The Morgan fingerprint density at radius 1 is 1.32 bits per heavy atom. The minimum atomic E-state index is 0.154. The molecule has 19 heavy (non-hydrogen) atoms. The van der Waals surface area contributed by atoms with E-state index < -0.39 is 0 Å². The van der Waals surface area contributed by atoms with Gasteiger partial charge in [0.25, 0.3) is 0 Å². The van der Waals surface area contributed by atoms with Crippen LogP contribution in [-0.2, 0) is 6.54 Å². The van der Waals surface area contributed by atoms with Crippen LogP contribution in [0.1, 0.15) is 24.4 Å². The topological polar surface area (TPSA) is 59.2 Å².